The van der Waals surface area contributed by atoms with E-state index >= 15 is 0 Å². The number of pyridine rings is 1. The largest absolute Gasteiger partial charge is 0.347 e. The van der Waals surface area contributed by atoms with Crippen LogP contribution in [0.4, 0.5) is 0 Å². The van der Waals surface area contributed by atoms with Crippen LogP contribution < -0.4 is 5.32 Å². The van der Waals surface area contributed by atoms with Crippen LogP contribution >= 0.6 is 23.2 Å². The fraction of sp³-hybridized carbons (Fsp3) is 0.0769. The quantitative estimate of drug-likeness (QED) is 0.937. The van der Waals surface area contributed by atoms with Gasteiger partial charge in [0, 0.05) is 22.8 Å². The Hall–Kier alpha value is -1.58. The van der Waals surface area contributed by atoms with Crippen molar-refractivity contribution in [1.29, 1.82) is 0 Å². The Bertz CT molecular complexity index is 555. The highest BCUT2D eigenvalue weighted by molar-refractivity contribution is 6.31. The van der Waals surface area contributed by atoms with Crippen LogP contribution in [0.3, 0.4) is 0 Å². The number of aromatic nitrogens is 1. The molecule has 2 aromatic rings. The molecule has 1 N–H and O–H groups in total. The summed E-state index contributed by atoms with van der Waals surface area (Å²) in [5.74, 6) is -0.257. The Morgan fingerprint density at radius 3 is 2.50 bits per heavy atom. The van der Waals surface area contributed by atoms with E-state index in [1.54, 1.807) is 18.2 Å². The lowest BCUT2D eigenvalue weighted by atomic mass is 10.2. The van der Waals surface area contributed by atoms with Gasteiger partial charge in [-0.05, 0) is 29.8 Å². The lowest BCUT2D eigenvalue weighted by molar-refractivity contribution is 0.0946. The second-order valence-electron chi connectivity index (χ2n) is 3.67. The first-order chi connectivity index (χ1) is 8.65. The van der Waals surface area contributed by atoms with E-state index in [4.69, 9.17) is 23.2 Å². The molecule has 0 aliphatic carbocycles. The van der Waals surface area contributed by atoms with Gasteiger partial charge in [-0.25, -0.2) is 0 Å². The first-order valence-corrected chi connectivity index (χ1v) is 6.05. The van der Waals surface area contributed by atoms with Crippen molar-refractivity contribution < 1.29 is 4.79 Å². The van der Waals surface area contributed by atoms with Crippen molar-refractivity contribution in [3.63, 3.8) is 0 Å². The molecule has 2 rings (SSSR count). The summed E-state index contributed by atoms with van der Waals surface area (Å²) >= 11 is 11.6. The smallest absolute Gasteiger partial charge is 0.270 e. The van der Waals surface area contributed by atoms with E-state index in [1.165, 1.54) is 12.3 Å². The van der Waals surface area contributed by atoms with Gasteiger partial charge in [-0.2, -0.15) is 0 Å². The summed E-state index contributed by atoms with van der Waals surface area (Å²) < 4.78 is 0. The SMILES string of the molecule is O=C(NCc1ccc(Cl)cc1)c1cc(Cl)ccn1. The summed E-state index contributed by atoms with van der Waals surface area (Å²) in [5, 5.41) is 3.91. The summed E-state index contributed by atoms with van der Waals surface area (Å²) in [6.45, 7) is 0.421. The Labute approximate surface area is 115 Å². The number of carbonyl (C=O) groups excluding carboxylic acids is 1. The van der Waals surface area contributed by atoms with Crippen LogP contribution in [0.25, 0.3) is 0 Å². The predicted molar refractivity (Wildman–Crippen MR) is 71.9 cm³/mol. The molecule has 0 unspecified atom stereocenters. The van der Waals surface area contributed by atoms with Crippen LogP contribution in [0.15, 0.2) is 42.6 Å². The molecule has 0 aliphatic heterocycles. The molecule has 3 nitrogen and oxygen atoms in total. The summed E-state index contributed by atoms with van der Waals surface area (Å²) in [6.07, 6.45) is 1.50. The van der Waals surface area contributed by atoms with E-state index in [-0.39, 0.29) is 5.91 Å². The van der Waals surface area contributed by atoms with Crippen LogP contribution in [0.5, 0.6) is 0 Å². The third kappa shape index (κ3) is 3.45. The topological polar surface area (TPSA) is 42.0 Å². The van der Waals surface area contributed by atoms with Gasteiger partial charge in [0.2, 0.25) is 0 Å². The van der Waals surface area contributed by atoms with Crippen LogP contribution in [0, 0.1) is 0 Å². The highest BCUT2D eigenvalue weighted by Gasteiger charge is 2.06. The molecule has 0 saturated heterocycles. The van der Waals surface area contributed by atoms with Crippen LogP contribution in [-0.4, -0.2) is 10.9 Å². The van der Waals surface area contributed by atoms with Crippen molar-refractivity contribution in [2.45, 2.75) is 6.54 Å². The normalized spacial score (nSPS) is 10.1. The molecule has 1 aromatic carbocycles. The van der Waals surface area contributed by atoms with E-state index in [0.29, 0.717) is 22.3 Å². The first-order valence-electron chi connectivity index (χ1n) is 5.29. The van der Waals surface area contributed by atoms with Gasteiger partial charge >= 0.3 is 0 Å². The van der Waals surface area contributed by atoms with Crippen LogP contribution in [-0.2, 0) is 6.54 Å². The van der Waals surface area contributed by atoms with Gasteiger partial charge in [0.15, 0.2) is 0 Å². The number of carbonyl (C=O) groups is 1. The highest BCUT2D eigenvalue weighted by atomic mass is 35.5. The third-order valence-corrected chi connectivity index (χ3v) is 2.81. The molecule has 0 saturated carbocycles. The fourth-order valence-electron chi connectivity index (χ4n) is 1.40. The number of nitrogens with one attached hydrogen (secondary N) is 1. The molecule has 0 atom stereocenters. The van der Waals surface area contributed by atoms with Gasteiger partial charge in [-0.3, -0.25) is 9.78 Å². The van der Waals surface area contributed by atoms with Crippen molar-refractivity contribution in [3.8, 4) is 0 Å². The minimum Gasteiger partial charge on any atom is -0.347 e. The lowest BCUT2D eigenvalue weighted by Crippen LogP contribution is -2.23. The second kappa shape index (κ2) is 5.85. The number of benzene rings is 1. The molecule has 0 bridgehead atoms. The van der Waals surface area contributed by atoms with E-state index in [1.807, 2.05) is 12.1 Å². The van der Waals surface area contributed by atoms with Gasteiger partial charge in [0.05, 0.1) is 0 Å². The zero-order valence-corrected chi connectivity index (χ0v) is 10.9. The second-order valence-corrected chi connectivity index (χ2v) is 4.54. The molecular formula is C13H10Cl2N2O. The number of hydrogen-bond donors (Lipinski definition) is 1. The minimum absolute atomic E-state index is 0.257. The molecule has 0 aliphatic rings. The van der Waals surface area contributed by atoms with Crippen LogP contribution in [0.1, 0.15) is 16.1 Å². The summed E-state index contributed by atoms with van der Waals surface area (Å²) in [5.41, 5.74) is 1.27. The zero-order valence-electron chi connectivity index (χ0n) is 9.36. The molecule has 5 heteroatoms. The van der Waals surface area contributed by atoms with E-state index < -0.39 is 0 Å². The molecule has 1 heterocycles. The van der Waals surface area contributed by atoms with Crippen molar-refractivity contribution in [2.24, 2.45) is 0 Å². The molecule has 1 aromatic heterocycles. The van der Waals surface area contributed by atoms with E-state index in [2.05, 4.69) is 10.3 Å². The molecule has 18 heavy (non-hydrogen) atoms. The van der Waals surface area contributed by atoms with Crippen molar-refractivity contribution in [3.05, 3.63) is 63.9 Å². The Kier molecular flexibility index (Phi) is 4.18. The summed E-state index contributed by atoms with van der Waals surface area (Å²) in [6, 6.07) is 10.4. The Balaban J connectivity index is 1.98. The predicted octanol–water partition coefficient (Wildman–Crippen LogP) is 3.32. The Morgan fingerprint density at radius 1 is 1.11 bits per heavy atom. The monoisotopic (exact) mass is 280 g/mol. The zero-order chi connectivity index (χ0) is 13.0. The highest BCUT2D eigenvalue weighted by Crippen LogP contribution is 2.10. The van der Waals surface area contributed by atoms with Gasteiger partial charge < -0.3 is 5.32 Å². The van der Waals surface area contributed by atoms with Crippen molar-refractivity contribution in [1.82, 2.24) is 10.3 Å². The van der Waals surface area contributed by atoms with E-state index in [9.17, 15) is 4.79 Å². The lowest BCUT2D eigenvalue weighted by Gasteiger charge is -2.05. The number of nitrogens with zero attached hydrogens (tertiary/aromatic N) is 1. The summed E-state index contributed by atoms with van der Waals surface area (Å²) in [4.78, 5) is 15.7. The van der Waals surface area contributed by atoms with E-state index in [0.717, 1.165) is 5.56 Å². The minimum atomic E-state index is -0.257. The molecule has 1 amide bonds. The first kappa shape index (κ1) is 12.9. The average molecular weight is 281 g/mol. The molecular weight excluding hydrogens is 271 g/mol. The number of amides is 1. The third-order valence-electron chi connectivity index (χ3n) is 2.32. The average Bonchev–Trinajstić information content (AvgIpc) is 2.38. The van der Waals surface area contributed by atoms with Crippen molar-refractivity contribution >= 4 is 29.1 Å². The fourth-order valence-corrected chi connectivity index (χ4v) is 1.69. The standard InChI is InChI=1S/C13H10Cl2N2O/c14-10-3-1-9(2-4-10)8-17-13(18)12-7-11(15)5-6-16-12/h1-7H,8H2,(H,17,18). The van der Waals surface area contributed by atoms with Gasteiger partial charge in [0.1, 0.15) is 5.69 Å². The maximum atomic E-state index is 11.8. The van der Waals surface area contributed by atoms with Crippen molar-refractivity contribution in [2.75, 3.05) is 0 Å². The molecule has 0 fully saturated rings. The van der Waals surface area contributed by atoms with Gasteiger partial charge in [0.25, 0.3) is 5.91 Å². The maximum Gasteiger partial charge on any atom is 0.270 e. The van der Waals surface area contributed by atoms with Gasteiger partial charge in [-0.1, -0.05) is 35.3 Å². The molecule has 92 valence electrons. The Morgan fingerprint density at radius 2 is 1.83 bits per heavy atom. The van der Waals surface area contributed by atoms with Crippen LogP contribution in [0.2, 0.25) is 10.0 Å². The number of rotatable bonds is 3. The maximum absolute atomic E-state index is 11.8. The molecule has 0 radical (unpaired) electrons. The molecule has 0 spiro atoms. The van der Waals surface area contributed by atoms with Gasteiger partial charge in [-0.15, -0.1) is 0 Å². The number of hydrogen-bond acceptors (Lipinski definition) is 2. The number of halogens is 2. The summed E-state index contributed by atoms with van der Waals surface area (Å²) in [7, 11) is 0.